The Hall–Kier alpha value is -1.33. The molecule has 1 aromatic carbocycles. The quantitative estimate of drug-likeness (QED) is 0.897. The summed E-state index contributed by atoms with van der Waals surface area (Å²) in [5.74, 6) is 1.48. The van der Waals surface area contributed by atoms with Crippen LogP contribution in [0.3, 0.4) is 0 Å². The predicted molar refractivity (Wildman–Crippen MR) is 101 cm³/mol. The zero-order valence-corrected chi connectivity index (χ0v) is 15.6. The van der Waals surface area contributed by atoms with Crippen LogP contribution in [0.4, 0.5) is 0 Å². The average molecular weight is 359 g/mol. The molecule has 134 valence electrons. The molecule has 2 unspecified atom stereocenters. The molecular weight excluding hydrogens is 332 g/mol. The molecular formula is C20H26N2O2S. The molecule has 25 heavy (non-hydrogen) atoms. The molecule has 2 saturated heterocycles. The smallest absolute Gasteiger partial charge is 0.241 e. The highest BCUT2D eigenvalue weighted by atomic mass is 32.2. The van der Waals surface area contributed by atoms with E-state index in [9.17, 15) is 9.59 Å². The predicted octanol–water partition coefficient (Wildman–Crippen LogP) is 2.32. The summed E-state index contributed by atoms with van der Waals surface area (Å²) in [5, 5.41) is 3.06. The second-order valence-corrected chi connectivity index (χ2v) is 8.79. The van der Waals surface area contributed by atoms with Gasteiger partial charge in [0.1, 0.15) is 11.8 Å². The van der Waals surface area contributed by atoms with Crippen LogP contribution in [0.5, 0.6) is 0 Å². The summed E-state index contributed by atoms with van der Waals surface area (Å²) in [6.45, 7) is 3.81. The van der Waals surface area contributed by atoms with Crippen LogP contribution in [0.2, 0.25) is 0 Å². The Morgan fingerprint density at radius 2 is 1.96 bits per heavy atom. The van der Waals surface area contributed by atoms with Crippen molar-refractivity contribution in [3.05, 3.63) is 34.9 Å². The molecule has 1 aromatic rings. The first-order chi connectivity index (χ1) is 12.1. The number of fused-ring (bicyclic) bond motifs is 1. The number of nitrogens with zero attached hydrogens (tertiary/aromatic N) is 1. The van der Waals surface area contributed by atoms with Gasteiger partial charge in [0.05, 0.1) is 5.25 Å². The third kappa shape index (κ3) is 3.49. The molecule has 3 aliphatic rings. The fraction of sp³-hybridized carbons (Fsp3) is 0.600. The zero-order chi connectivity index (χ0) is 17.4. The first kappa shape index (κ1) is 17.1. The largest absolute Gasteiger partial charge is 0.341 e. The Morgan fingerprint density at radius 3 is 2.76 bits per heavy atom. The Kier molecular flexibility index (Phi) is 4.87. The van der Waals surface area contributed by atoms with Crippen LogP contribution in [-0.2, 0) is 22.4 Å². The number of thioether (sulfide) groups is 1. The normalized spacial score (nSPS) is 28.4. The van der Waals surface area contributed by atoms with Crippen molar-refractivity contribution < 1.29 is 9.59 Å². The van der Waals surface area contributed by atoms with Gasteiger partial charge in [-0.2, -0.15) is 0 Å². The summed E-state index contributed by atoms with van der Waals surface area (Å²) >= 11 is 1.61. The van der Waals surface area contributed by atoms with Crippen molar-refractivity contribution in [3.8, 4) is 0 Å². The van der Waals surface area contributed by atoms with Crippen LogP contribution in [0.15, 0.2) is 18.2 Å². The van der Waals surface area contributed by atoms with Gasteiger partial charge in [0.15, 0.2) is 0 Å². The van der Waals surface area contributed by atoms with Crippen LogP contribution in [0.1, 0.15) is 36.0 Å². The molecule has 2 heterocycles. The van der Waals surface area contributed by atoms with Crippen molar-refractivity contribution >= 4 is 23.5 Å². The van der Waals surface area contributed by atoms with E-state index in [-0.39, 0.29) is 23.0 Å². The van der Waals surface area contributed by atoms with E-state index in [4.69, 9.17) is 0 Å². The highest BCUT2D eigenvalue weighted by molar-refractivity contribution is 8.00. The van der Waals surface area contributed by atoms with Gasteiger partial charge in [-0.05, 0) is 49.7 Å². The number of rotatable bonds is 4. The molecule has 1 aliphatic carbocycles. The van der Waals surface area contributed by atoms with Gasteiger partial charge in [-0.25, -0.2) is 0 Å². The van der Waals surface area contributed by atoms with Crippen LogP contribution < -0.4 is 5.32 Å². The third-order valence-electron chi connectivity index (χ3n) is 5.74. The highest BCUT2D eigenvalue weighted by Crippen LogP contribution is 2.32. The summed E-state index contributed by atoms with van der Waals surface area (Å²) < 4.78 is 0. The summed E-state index contributed by atoms with van der Waals surface area (Å²) in [4.78, 5) is 27.6. The molecule has 2 aliphatic heterocycles. The molecule has 0 radical (unpaired) electrons. The molecule has 0 aromatic heterocycles. The van der Waals surface area contributed by atoms with E-state index in [0.29, 0.717) is 18.2 Å². The topological polar surface area (TPSA) is 49.4 Å². The standard InChI is InChI=1S/C20H26N2O2S/c1-13-4-5-15-9-14(10-16(15)8-13)11-17(23)19-18(21-12-25-19)20(24)22-6-2-3-7-22/h4-5,8,14,18-19,21H,2-3,6-7,9-12H2,1H3/t14?,18-,19?/m0/s1. The number of carbonyl (C=O) groups is 2. The van der Waals surface area contributed by atoms with E-state index in [2.05, 4.69) is 30.4 Å². The maximum absolute atomic E-state index is 12.9. The van der Waals surface area contributed by atoms with Crippen molar-refractivity contribution in [1.29, 1.82) is 0 Å². The van der Waals surface area contributed by atoms with Crippen molar-refractivity contribution in [1.82, 2.24) is 10.2 Å². The lowest BCUT2D eigenvalue weighted by Gasteiger charge is -2.24. The van der Waals surface area contributed by atoms with Gasteiger partial charge in [0, 0.05) is 25.4 Å². The number of aryl methyl sites for hydroxylation is 1. The van der Waals surface area contributed by atoms with E-state index >= 15 is 0 Å². The molecule has 0 spiro atoms. The first-order valence-electron chi connectivity index (χ1n) is 9.37. The fourth-order valence-corrected chi connectivity index (χ4v) is 5.59. The summed E-state index contributed by atoms with van der Waals surface area (Å²) in [6.07, 6.45) is 4.76. The Bertz CT molecular complexity index is 684. The minimum atomic E-state index is -0.318. The molecule has 5 heteroatoms. The maximum Gasteiger partial charge on any atom is 0.241 e. The van der Waals surface area contributed by atoms with E-state index in [1.807, 2.05) is 4.90 Å². The van der Waals surface area contributed by atoms with Crippen LogP contribution in [0, 0.1) is 12.8 Å². The second kappa shape index (κ2) is 7.12. The summed E-state index contributed by atoms with van der Waals surface area (Å²) in [6, 6.07) is 6.30. The van der Waals surface area contributed by atoms with Gasteiger partial charge in [0.2, 0.25) is 5.91 Å². The Morgan fingerprint density at radius 1 is 1.20 bits per heavy atom. The number of benzene rings is 1. The van der Waals surface area contributed by atoms with Crippen molar-refractivity contribution in [2.24, 2.45) is 5.92 Å². The van der Waals surface area contributed by atoms with Gasteiger partial charge in [0.25, 0.3) is 0 Å². The van der Waals surface area contributed by atoms with E-state index in [1.165, 1.54) is 16.7 Å². The molecule has 0 bridgehead atoms. The minimum Gasteiger partial charge on any atom is -0.341 e. The molecule has 0 saturated carbocycles. The maximum atomic E-state index is 12.9. The Balaban J connectivity index is 1.38. The number of hydrogen-bond acceptors (Lipinski definition) is 4. The monoisotopic (exact) mass is 358 g/mol. The van der Waals surface area contributed by atoms with Crippen LogP contribution in [0.25, 0.3) is 0 Å². The fourth-order valence-electron chi connectivity index (χ4n) is 4.44. The lowest BCUT2D eigenvalue weighted by Crippen LogP contribution is -2.49. The van der Waals surface area contributed by atoms with E-state index in [0.717, 1.165) is 38.8 Å². The van der Waals surface area contributed by atoms with Crippen molar-refractivity contribution in [2.75, 3.05) is 19.0 Å². The van der Waals surface area contributed by atoms with Gasteiger partial charge >= 0.3 is 0 Å². The molecule has 3 atom stereocenters. The lowest BCUT2D eigenvalue weighted by atomic mass is 9.95. The van der Waals surface area contributed by atoms with Crippen molar-refractivity contribution in [3.63, 3.8) is 0 Å². The highest BCUT2D eigenvalue weighted by Gasteiger charge is 2.41. The summed E-state index contributed by atoms with van der Waals surface area (Å²) in [7, 11) is 0. The molecule has 1 amide bonds. The number of ketones is 1. The SMILES string of the molecule is Cc1ccc2c(c1)CC(CC(=O)C1SCN[C@@H]1C(=O)N1CCCC1)C2. The van der Waals surface area contributed by atoms with Crippen LogP contribution >= 0.6 is 11.8 Å². The first-order valence-corrected chi connectivity index (χ1v) is 10.4. The van der Waals surface area contributed by atoms with Gasteiger partial charge in [-0.15, -0.1) is 11.8 Å². The number of hydrogen-bond donors (Lipinski definition) is 1. The van der Waals surface area contributed by atoms with Gasteiger partial charge in [-0.1, -0.05) is 23.8 Å². The molecule has 4 rings (SSSR count). The average Bonchev–Trinajstić information content (AvgIpc) is 3.33. The second-order valence-electron chi connectivity index (χ2n) is 7.66. The lowest BCUT2D eigenvalue weighted by molar-refractivity contribution is -0.134. The molecule has 1 N–H and O–H groups in total. The zero-order valence-electron chi connectivity index (χ0n) is 14.8. The minimum absolute atomic E-state index is 0.131. The van der Waals surface area contributed by atoms with Gasteiger partial charge in [-0.3, -0.25) is 14.9 Å². The number of amides is 1. The molecule has 2 fully saturated rings. The summed E-state index contributed by atoms with van der Waals surface area (Å²) in [5.41, 5.74) is 4.09. The van der Waals surface area contributed by atoms with Crippen molar-refractivity contribution in [2.45, 2.75) is 50.3 Å². The number of Topliss-reactive ketones (excluding diaryl/α,β-unsaturated/α-hetero) is 1. The van der Waals surface area contributed by atoms with Crippen LogP contribution in [-0.4, -0.2) is 46.8 Å². The number of nitrogens with one attached hydrogen (secondary N) is 1. The number of carbonyl (C=O) groups excluding carboxylic acids is 2. The van der Waals surface area contributed by atoms with E-state index in [1.54, 1.807) is 11.8 Å². The number of likely N-dealkylation sites (tertiary alicyclic amines) is 1. The van der Waals surface area contributed by atoms with Gasteiger partial charge < -0.3 is 4.90 Å². The van der Waals surface area contributed by atoms with E-state index < -0.39 is 0 Å². The Labute approximate surface area is 153 Å². The molecule has 4 nitrogen and oxygen atoms in total. The third-order valence-corrected chi connectivity index (χ3v) is 6.97.